The molecule has 3 aromatic heterocycles. The topological polar surface area (TPSA) is 76.7 Å². The van der Waals surface area contributed by atoms with Crippen molar-refractivity contribution in [3.63, 3.8) is 0 Å². The molecule has 6 nitrogen and oxygen atoms in total. The minimum atomic E-state index is -0.210. The molecule has 0 saturated heterocycles. The van der Waals surface area contributed by atoms with E-state index in [-0.39, 0.29) is 5.69 Å². The second-order valence-electron chi connectivity index (χ2n) is 5.43. The maximum Gasteiger partial charge on any atom is 0.332 e. The number of aromatic amines is 1. The van der Waals surface area contributed by atoms with Gasteiger partial charge in [0.1, 0.15) is 16.7 Å². The number of fused-ring (bicyclic) bond motifs is 2. The molecule has 0 radical (unpaired) electrons. The minimum absolute atomic E-state index is 0.210. The minimum Gasteiger partial charge on any atom is -0.354 e. The molecule has 0 spiro atoms. The zero-order valence-corrected chi connectivity index (χ0v) is 12.5. The molecule has 22 heavy (non-hydrogen) atoms. The van der Waals surface area contributed by atoms with Crippen LogP contribution in [0.2, 0.25) is 0 Å². The van der Waals surface area contributed by atoms with E-state index in [9.17, 15) is 4.79 Å². The van der Waals surface area contributed by atoms with Gasteiger partial charge in [0, 0.05) is 5.56 Å². The Morgan fingerprint density at radius 2 is 1.95 bits per heavy atom. The number of imidazole rings is 1. The molecule has 1 aromatic carbocycles. The zero-order chi connectivity index (χ0) is 15.4. The Kier molecular flexibility index (Phi) is 2.51. The monoisotopic (exact) mass is 294 g/mol. The number of nitrogens with one attached hydrogen (secondary N) is 1. The van der Waals surface area contributed by atoms with Crippen LogP contribution in [0.15, 0.2) is 33.6 Å². The fraction of sp³-hybridized carbons (Fsp3) is 0.188. The third-order valence-electron chi connectivity index (χ3n) is 3.98. The van der Waals surface area contributed by atoms with Crippen LogP contribution < -0.4 is 5.69 Å². The number of nitrogens with zero attached hydrogens (tertiary/aromatic N) is 3. The van der Waals surface area contributed by atoms with E-state index in [1.54, 1.807) is 4.57 Å². The van der Waals surface area contributed by atoms with E-state index in [0.717, 1.165) is 22.3 Å². The Morgan fingerprint density at radius 3 is 2.73 bits per heavy atom. The molecule has 4 aromatic rings. The van der Waals surface area contributed by atoms with Gasteiger partial charge in [-0.05, 0) is 32.4 Å². The Hall–Kier alpha value is -2.89. The van der Waals surface area contributed by atoms with Crippen molar-refractivity contribution in [3.05, 3.63) is 51.6 Å². The van der Waals surface area contributed by atoms with Crippen molar-refractivity contribution in [2.45, 2.75) is 20.8 Å². The number of hydrogen-bond donors (Lipinski definition) is 1. The van der Waals surface area contributed by atoms with Crippen molar-refractivity contribution in [2.75, 3.05) is 0 Å². The number of hydrogen-bond acceptors (Lipinski definition) is 4. The van der Waals surface area contributed by atoms with Crippen LogP contribution in [-0.2, 0) is 0 Å². The van der Waals surface area contributed by atoms with Gasteiger partial charge in [0.15, 0.2) is 11.2 Å². The van der Waals surface area contributed by atoms with Gasteiger partial charge in [-0.3, -0.25) is 9.55 Å². The molecule has 0 aliphatic heterocycles. The van der Waals surface area contributed by atoms with E-state index in [1.807, 2.05) is 45.0 Å². The van der Waals surface area contributed by atoms with Gasteiger partial charge in [-0.25, -0.2) is 9.78 Å². The number of H-pyrrole nitrogens is 1. The summed E-state index contributed by atoms with van der Waals surface area (Å²) < 4.78 is 7.02. The largest absolute Gasteiger partial charge is 0.354 e. The molecule has 0 unspecified atom stereocenters. The van der Waals surface area contributed by atoms with Crippen LogP contribution in [0.3, 0.4) is 0 Å². The van der Waals surface area contributed by atoms with Crippen molar-refractivity contribution in [2.24, 2.45) is 0 Å². The quantitative estimate of drug-likeness (QED) is 0.585. The van der Waals surface area contributed by atoms with Crippen LogP contribution in [0.5, 0.6) is 0 Å². The first kappa shape index (κ1) is 12.8. The number of benzene rings is 1. The first-order chi connectivity index (χ1) is 10.6. The molecule has 110 valence electrons. The van der Waals surface area contributed by atoms with Crippen LogP contribution in [0.4, 0.5) is 0 Å². The van der Waals surface area contributed by atoms with Gasteiger partial charge in [-0.15, -0.1) is 0 Å². The first-order valence-corrected chi connectivity index (χ1v) is 7.01. The second kappa shape index (κ2) is 4.30. The molecule has 0 fully saturated rings. The molecular formula is C16H14N4O2. The lowest BCUT2D eigenvalue weighted by molar-refractivity contribution is 0.449. The lowest BCUT2D eigenvalue weighted by Crippen LogP contribution is -2.15. The Bertz CT molecular complexity index is 1080. The average molecular weight is 294 g/mol. The van der Waals surface area contributed by atoms with Gasteiger partial charge in [0.05, 0.1) is 5.69 Å². The number of aryl methyl sites for hydroxylation is 3. The van der Waals surface area contributed by atoms with Crippen LogP contribution in [0, 0.1) is 20.8 Å². The summed E-state index contributed by atoms with van der Waals surface area (Å²) in [7, 11) is 0. The summed E-state index contributed by atoms with van der Waals surface area (Å²) in [5.41, 5.74) is 5.77. The van der Waals surface area contributed by atoms with E-state index >= 15 is 0 Å². The van der Waals surface area contributed by atoms with E-state index < -0.39 is 0 Å². The van der Waals surface area contributed by atoms with Crippen molar-refractivity contribution >= 4 is 22.3 Å². The maximum atomic E-state index is 12.5. The molecule has 0 saturated carbocycles. The molecule has 4 rings (SSSR count). The molecule has 3 heterocycles. The Balaban J connectivity index is 2.21. The third-order valence-corrected chi connectivity index (χ3v) is 3.98. The maximum absolute atomic E-state index is 12.5. The van der Waals surface area contributed by atoms with Crippen molar-refractivity contribution < 1.29 is 4.52 Å². The van der Waals surface area contributed by atoms with Crippen LogP contribution in [-0.4, -0.2) is 19.7 Å². The number of aromatic nitrogens is 4. The normalized spacial score (nSPS) is 11.6. The highest BCUT2D eigenvalue weighted by Gasteiger charge is 2.19. The number of rotatable bonds is 1. The first-order valence-electron chi connectivity index (χ1n) is 7.01. The van der Waals surface area contributed by atoms with E-state index in [4.69, 9.17) is 4.52 Å². The fourth-order valence-corrected chi connectivity index (χ4v) is 2.86. The van der Waals surface area contributed by atoms with Crippen molar-refractivity contribution in [3.8, 4) is 5.69 Å². The average Bonchev–Trinajstić information content (AvgIpc) is 3.01. The van der Waals surface area contributed by atoms with Gasteiger partial charge in [-0.2, -0.15) is 0 Å². The van der Waals surface area contributed by atoms with Crippen molar-refractivity contribution in [1.29, 1.82) is 0 Å². The number of para-hydroxylation sites is 1. The van der Waals surface area contributed by atoms with Gasteiger partial charge < -0.3 is 4.52 Å². The van der Waals surface area contributed by atoms with E-state index in [1.165, 1.54) is 0 Å². The summed E-state index contributed by atoms with van der Waals surface area (Å²) in [5, 5.41) is 3.96. The van der Waals surface area contributed by atoms with Crippen LogP contribution in [0.25, 0.3) is 28.0 Å². The summed E-state index contributed by atoms with van der Waals surface area (Å²) in [4.78, 5) is 19.8. The molecule has 0 amide bonds. The lowest BCUT2D eigenvalue weighted by Gasteiger charge is -2.08. The van der Waals surface area contributed by atoms with Gasteiger partial charge >= 0.3 is 5.69 Å². The summed E-state index contributed by atoms with van der Waals surface area (Å²) in [5.74, 6) is 0. The predicted molar refractivity (Wildman–Crippen MR) is 83.5 cm³/mol. The molecule has 0 aliphatic carbocycles. The van der Waals surface area contributed by atoms with Crippen LogP contribution in [0.1, 0.15) is 16.8 Å². The molecule has 6 heteroatoms. The highest BCUT2D eigenvalue weighted by molar-refractivity contribution is 5.92. The summed E-state index contributed by atoms with van der Waals surface area (Å²) in [6, 6.07) is 7.75. The molecular weight excluding hydrogens is 280 g/mol. The van der Waals surface area contributed by atoms with Crippen molar-refractivity contribution in [1.82, 2.24) is 19.7 Å². The van der Waals surface area contributed by atoms with Gasteiger partial charge in [0.25, 0.3) is 0 Å². The number of pyridine rings is 1. The molecule has 0 aliphatic rings. The molecule has 1 N–H and O–H groups in total. The van der Waals surface area contributed by atoms with Gasteiger partial charge in [0.2, 0.25) is 0 Å². The van der Waals surface area contributed by atoms with Gasteiger partial charge in [-0.1, -0.05) is 23.4 Å². The van der Waals surface area contributed by atoms with Crippen LogP contribution >= 0.6 is 0 Å². The van der Waals surface area contributed by atoms with E-state index in [2.05, 4.69) is 15.1 Å². The smallest absolute Gasteiger partial charge is 0.332 e. The molecule has 0 atom stereocenters. The highest BCUT2D eigenvalue weighted by atomic mass is 16.5. The zero-order valence-electron chi connectivity index (χ0n) is 12.5. The second-order valence-corrected chi connectivity index (χ2v) is 5.43. The summed E-state index contributed by atoms with van der Waals surface area (Å²) in [6.45, 7) is 5.72. The fourth-order valence-electron chi connectivity index (χ4n) is 2.86. The lowest BCUT2D eigenvalue weighted by atomic mass is 10.1. The predicted octanol–water partition coefficient (Wildman–Crippen LogP) is 2.78. The standard InChI is InChI=1S/C16H14N4O2/c1-8-6-4-5-7-11(8)20-13-9(2)14-12(10(3)19-22-14)17-15(13)18-16(20)21/h4-7H,1-3H3,(H,17,18,21). The Morgan fingerprint density at radius 1 is 1.18 bits per heavy atom. The third kappa shape index (κ3) is 1.57. The molecule has 0 bridgehead atoms. The van der Waals surface area contributed by atoms with E-state index in [0.29, 0.717) is 22.4 Å². The SMILES string of the molecule is Cc1ccccc1-n1c(=O)[nH]c2nc3c(C)noc3c(C)c21. The highest BCUT2D eigenvalue weighted by Crippen LogP contribution is 2.27. The summed E-state index contributed by atoms with van der Waals surface area (Å²) >= 11 is 0. The Labute approximate surface area is 125 Å². The summed E-state index contributed by atoms with van der Waals surface area (Å²) in [6.07, 6.45) is 0.